The average molecular weight is 467 g/mol. The third-order valence-corrected chi connectivity index (χ3v) is 7.21. The van der Waals surface area contributed by atoms with Crippen LogP contribution >= 0.6 is 0 Å². The molecule has 1 aromatic carbocycles. The minimum atomic E-state index is -0.720. The number of fused-ring (bicyclic) bond motifs is 5. The molecule has 6 atom stereocenters. The van der Waals surface area contributed by atoms with Crippen molar-refractivity contribution in [1.82, 2.24) is 0 Å². The van der Waals surface area contributed by atoms with Crippen LogP contribution in [0.25, 0.3) is 0 Å². The highest BCUT2D eigenvalue weighted by molar-refractivity contribution is 5.66. The van der Waals surface area contributed by atoms with Gasteiger partial charge < -0.3 is 19.3 Å². The molecule has 0 amide bonds. The summed E-state index contributed by atoms with van der Waals surface area (Å²) in [5.41, 5.74) is 1.34. The van der Waals surface area contributed by atoms with E-state index in [1.165, 1.54) is 5.56 Å². The Morgan fingerprint density at radius 3 is 2.50 bits per heavy atom. The van der Waals surface area contributed by atoms with Crippen LogP contribution in [0.1, 0.15) is 63.4 Å². The molecule has 0 aromatic heterocycles. The van der Waals surface area contributed by atoms with Crippen LogP contribution in [0.2, 0.25) is 0 Å². The molecular weight excluding hydrogens is 428 g/mol. The number of benzene rings is 1. The summed E-state index contributed by atoms with van der Waals surface area (Å²) >= 11 is 0. The number of hydrogen-bond acceptors (Lipinski definition) is 4. The van der Waals surface area contributed by atoms with Crippen molar-refractivity contribution in [3.63, 3.8) is 0 Å². The number of epoxide rings is 1. The Labute approximate surface area is 203 Å². The molecule has 4 rings (SSSR count). The third-order valence-electron chi connectivity index (χ3n) is 7.21. The fourth-order valence-corrected chi connectivity index (χ4v) is 5.44. The number of rotatable bonds is 15. The number of unbranched alkanes of at least 4 members (excludes halogenated alkanes) is 2. The van der Waals surface area contributed by atoms with Crippen LogP contribution in [0, 0.1) is 23.7 Å². The van der Waals surface area contributed by atoms with Gasteiger partial charge in [-0.2, -0.15) is 0 Å². The summed E-state index contributed by atoms with van der Waals surface area (Å²) in [4.78, 5) is 10.6. The second-order valence-electron chi connectivity index (χ2n) is 9.65. The van der Waals surface area contributed by atoms with Crippen LogP contribution in [0.4, 0.5) is 0 Å². The maximum Gasteiger partial charge on any atom is 0.303 e. The summed E-state index contributed by atoms with van der Waals surface area (Å²) in [6.07, 6.45) is 14.4. The highest BCUT2D eigenvalue weighted by atomic mass is 16.7. The lowest BCUT2D eigenvalue weighted by Gasteiger charge is -2.25. The van der Waals surface area contributed by atoms with Gasteiger partial charge in [0.2, 0.25) is 0 Å². The molecule has 0 spiro atoms. The van der Waals surface area contributed by atoms with E-state index < -0.39 is 5.97 Å². The van der Waals surface area contributed by atoms with Crippen molar-refractivity contribution in [3.05, 3.63) is 48.0 Å². The number of aryl methyl sites for hydroxylation is 1. The largest absolute Gasteiger partial charge is 0.481 e. The van der Waals surface area contributed by atoms with Crippen LogP contribution in [-0.4, -0.2) is 48.7 Å². The van der Waals surface area contributed by atoms with E-state index in [0.29, 0.717) is 37.1 Å². The lowest BCUT2D eigenvalue weighted by molar-refractivity contribution is -0.137. The molecule has 3 heterocycles. The van der Waals surface area contributed by atoms with E-state index >= 15 is 0 Å². The number of aliphatic carboxylic acids is 1. The molecule has 0 radical (unpaired) electrons. The van der Waals surface area contributed by atoms with E-state index in [-0.39, 0.29) is 18.6 Å². The van der Waals surface area contributed by atoms with Crippen molar-refractivity contribution in [3.8, 4) is 11.8 Å². The Hall–Kier alpha value is -2.13. The fourth-order valence-electron chi connectivity index (χ4n) is 5.44. The highest BCUT2D eigenvalue weighted by Gasteiger charge is 2.68. The molecule has 3 aliphatic heterocycles. The smallest absolute Gasteiger partial charge is 0.303 e. The van der Waals surface area contributed by atoms with Gasteiger partial charge in [0, 0.05) is 25.9 Å². The molecule has 1 N–H and O–H groups in total. The Morgan fingerprint density at radius 2 is 1.68 bits per heavy atom. The summed E-state index contributed by atoms with van der Waals surface area (Å²) in [5, 5.41) is 8.74. The Balaban J connectivity index is 1.05. The molecule has 3 fully saturated rings. The minimum absolute atomic E-state index is 0.241. The van der Waals surface area contributed by atoms with Crippen molar-refractivity contribution in [2.24, 2.45) is 11.8 Å². The maximum atomic E-state index is 10.6. The zero-order valence-electron chi connectivity index (χ0n) is 20.1. The van der Waals surface area contributed by atoms with Gasteiger partial charge >= 0.3 is 5.97 Å². The maximum absolute atomic E-state index is 10.6. The first-order chi connectivity index (χ1) is 16.7. The first-order valence-corrected chi connectivity index (χ1v) is 13.0. The quantitative estimate of drug-likeness (QED) is 0.167. The normalized spacial score (nSPS) is 28.6. The second kappa shape index (κ2) is 13.1. The van der Waals surface area contributed by atoms with Crippen molar-refractivity contribution in [2.45, 2.75) is 88.6 Å². The van der Waals surface area contributed by atoms with Crippen molar-refractivity contribution in [1.29, 1.82) is 0 Å². The minimum Gasteiger partial charge on any atom is -0.481 e. The van der Waals surface area contributed by atoms with Crippen molar-refractivity contribution >= 4 is 5.97 Å². The predicted molar refractivity (Wildman–Crippen MR) is 131 cm³/mol. The average Bonchev–Trinajstić information content (AvgIpc) is 3.47. The Bertz CT molecular complexity index is 854. The molecule has 0 saturated carbocycles. The standard InChI is InChI=1S/C29H38O5/c30-25(31)19-10-2-1-9-17-23-24(27-29-28(34-29)26(23)33-27)18-11-13-21-32-20-12-4-3-6-14-22-15-7-5-8-16-22/h1,5,7-9,15-16,23-24,26-29H,2,6,10-14,17-21H2,(H,30,31)/t23-,24+,26+,27-,28-,29+/m0/s1. The van der Waals surface area contributed by atoms with E-state index in [0.717, 1.165) is 58.0 Å². The third kappa shape index (κ3) is 7.18. The molecule has 5 heteroatoms. The van der Waals surface area contributed by atoms with Gasteiger partial charge in [-0.3, -0.25) is 4.79 Å². The summed E-state index contributed by atoms with van der Waals surface area (Å²) in [7, 11) is 0. The van der Waals surface area contributed by atoms with Crippen LogP contribution in [0.5, 0.6) is 0 Å². The fraction of sp³-hybridized carbons (Fsp3) is 0.621. The zero-order valence-corrected chi connectivity index (χ0v) is 20.1. The first-order valence-electron chi connectivity index (χ1n) is 13.0. The number of carboxylic acid groups (broad SMARTS) is 1. The Morgan fingerprint density at radius 1 is 0.912 bits per heavy atom. The molecule has 3 saturated heterocycles. The highest BCUT2D eigenvalue weighted by Crippen LogP contribution is 2.56. The van der Waals surface area contributed by atoms with Gasteiger partial charge in [0.25, 0.3) is 0 Å². The van der Waals surface area contributed by atoms with Gasteiger partial charge in [-0.25, -0.2) is 0 Å². The topological polar surface area (TPSA) is 68.3 Å². The monoisotopic (exact) mass is 466 g/mol. The van der Waals surface area contributed by atoms with Gasteiger partial charge in [0.1, 0.15) is 12.2 Å². The Kier molecular flexibility index (Phi) is 9.62. The molecule has 0 aliphatic carbocycles. The van der Waals surface area contributed by atoms with Gasteiger partial charge in [0.05, 0.1) is 18.8 Å². The number of carboxylic acids is 1. The predicted octanol–water partition coefficient (Wildman–Crippen LogP) is 5.18. The summed E-state index contributed by atoms with van der Waals surface area (Å²) in [6, 6.07) is 10.5. The molecule has 0 unspecified atom stereocenters. The van der Waals surface area contributed by atoms with E-state index in [4.69, 9.17) is 19.3 Å². The lowest BCUT2D eigenvalue weighted by atomic mass is 9.75. The number of allylic oxidation sites excluding steroid dienone is 2. The SMILES string of the molecule is O=C(O)CCCC=CC[C@H]1[C@@H](CCCCOCCC#CCCc2ccccc2)[C@@H]2O[C@H]1[C@@H]1O[C@@H]12. The van der Waals surface area contributed by atoms with Crippen molar-refractivity contribution in [2.75, 3.05) is 13.2 Å². The number of carbonyl (C=O) groups is 1. The molecular formula is C29H38O5. The zero-order chi connectivity index (χ0) is 23.6. The van der Waals surface area contributed by atoms with Crippen LogP contribution in [0.3, 0.4) is 0 Å². The molecule has 3 aliphatic rings. The van der Waals surface area contributed by atoms with Gasteiger partial charge in [-0.05, 0) is 55.9 Å². The summed E-state index contributed by atoms with van der Waals surface area (Å²) in [6.45, 7) is 1.51. The van der Waals surface area contributed by atoms with E-state index in [1.54, 1.807) is 0 Å². The molecule has 184 valence electrons. The van der Waals surface area contributed by atoms with Gasteiger partial charge in [0.15, 0.2) is 0 Å². The van der Waals surface area contributed by atoms with Crippen LogP contribution in [0.15, 0.2) is 42.5 Å². The number of ether oxygens (including phenoxy) is 3. The van der Waals surface area contributed by atoms with E-state index in [9.17, 15) is 4.79 Å². The summed E-state index contributed by atoms with van der Waals surface area (Å²) in [5.74, 6) is 6.84. The first kappa shape index (κ1) is 25.0. The van der Waals surface area contributed by atoms with Crippen LogP contribution < -0.4 is 0 Å². The van der Waals surface area contributed by atoms with E-state index in [1.807, 2.05) is 6.07 Å². The number of hydrogen-bond donors (Lipinski definition) is 1. The van der Waals surface area contributed by atoms with Gasteiger partial charge in [-0.15, -0.1) is 11.8 Å². The van der Waals surface area contributed by atoms with Crippen LogP contribution in [-0.2, 0) is 25.4 Å². The summed E-state index contributed by atoms with van der Waals surface area (Å²) < 4.78 is 17.9. The lowest BCUT2D eigenvalue weighted by Crippen LogP contribution is -2.32. The molecule has 2 bridgehead atoms. The molecule has 34 heavy (non-hydrogen) atoms. The second-order valence-corrected chi connectivity index (χ2v) is 9.65. The molecule has 1 aromatic rings. The van der Waals surface area contributed by atoms with Crippen molar-refractivity contribution < 1.29 is 24.1 Å². The molecule has 5 nitrogen and oxygen atoms in total. The van der Waals surface area contributed by atoms with Gasteiger partial charge in [-0.1, -0.05) is 48.9 Å². The van der Waals surface area contributed by atoms with E-state index in [2.05, 4.69) is 48.3 Å².